The third-order valence-electron chi connectivity index (χ3n) is 4.63. The van der Waals surface area contributed by atoms with Crippen LogP contribution in [0.3, 0.4) is 0 Å². The predicted octanol–water partition coefficient (Wildman–Crippen LogP) is 6.01. The maximum absolute atomic E-state index is 12.1. The molecule has 7 nitrogen and oxygen atoms in total. The second kappa shape index (κ2) is 9.37. The Morgan fingerprint density at radius 3 is 2.70 bits per heavy atom. The highest BCUT2D eigenvalue weighted by Gasteiger charge is 2.14. The average molecular weight is 424 g/mol. The number of ether oxygens (including phenoxy) is 1. The van der Waals surface area contributed by atoms with E-state index in [1.807, 2.05) is 50.2 Å². The molecule has 3 rings (SSSR count). The highest BCUT2D eigenvalue weighted by atomic mass is 35.5. The number of rotatable bonds is 6. The molecule has 30 heavy (non-hydrogen) atoms. The van der Waals surface area contributed by atoms with Crippen molar-refractivity contribution in [3.63, 3.8) is 0 Å². The topological polar surface area (TPSA) is 90.7 Å². The van der Waals surface area contributed by atoms with Gasteiger partial charge in [0.25, 0.3) is 0 Å². The van der Waals surface area contributed by atoms with Crippen LogP contribution >= 0.6 is 11.6 Å². The molecule has 0 spiro atoms. The van der Waals surface area contributed by atoms with Crippen molar-refractivity contribution in [3.8, 4) is 17.0 Å². The van der Waals surface area contributed by atoms with E-state index in [1.54, 1.807) is 18.3 Å². The lowest BCUT2D eigenvalue weighted by atomic mass is 10.0. The van der Waals surface area contributed by atoms with Crippen LogP contribution in [0.15, 0.2) is 60.0 Å². The molecule has 0 fully saturated rings. The number of hydrogen-bond donors (Lipinski definition) is 2. The number of benzene rings is 2. The summed E-state index contributed by atoms with van der Waals surface area (Å²) in [6.07, 6.45) is 1.68. The predicted molar refractivity (Wildman–Crippen MR) is 117 cm³/mol. The first kappa shape index (κ1) is 21.3. The number of para-hydroxylation sites is 1. The molecular formula is C22H22ClN5O2. The van der Waals surface area contributed by atoms with Crippen LogP contribution in [0.1, 0.15) is 16.7 Å². The summed E-state index contributed by atoms with van der Waals surface area (Å²) in [6.45, 7) is 4.25. The quantitative estimate of drug-likeness (QED) is 0.375. The maximum Gasteiger partial charge on any atom is 0.343 e. The normalized spacial score (nSPS) is 10.4. The van der Waals surface area contributed by atoms with E-state index in [4.69, 9.17) is 21.9 Å². The van der Waals surface area contributed by atoms with E-state index >= 15 is 0 Å². The number of amides is 2. The van der Waals surface area contributed by atoms with Crippen molar-refractivity contribution in [1.82, 2.24) is 9.99 Å². The Kier molecular flexibility index (Phi) is 6.64. The summed E-state index contributed by atoms with van der Waals surface area (Å²) in [6, 6.07) is 14.6. The van der Waals surface area contributed by atoms with Gasteiger partial charge in [0.1, 0.15) is 12.4 Å². The molecule has 2 N–H and O–H groups in total. The molecule has 0 bridgehead atoms. The van der Waals surface area contributed by atoms with Crippen LogP contribution in [0.2, 0.25) is 5.02 Å². The Labute approximate surface area is 180 Å². The summed E-state index contributed by atoms with van der Waals surface area (Å²) >= 11 is 6.07. The fourth-order valence-electron chi connectivity index (χ4n) is 2.91. The third kappa shape index (κ3) is 4.93. The van der Waals surface area contributed by atoms with Gasteiger partial charge in [0.2, 0.25) is 0 Å². The minimum Gasteiger partial charge on any atom is -0.486 e. The molecule has 2 aromatic carbocycles. The van der Waals surface area contributed by atoms with Gasteiger partial charge in [-0.25, -0.2) is 4.79 Å². The number of carbonyl (C=O) groups is 1. The fourth-order valence-corrected chi connectivity index (χ4v) is 3.07. The van der Waals surface area contributed by atoms with Crippen LogP contribution in [0, 0.1) is 19.4 Å². The fraction of sp³-hybridized carbons (Fsp3) is 0.182. The molecule has 0 radical (unpaired) electrons. The second-order valence-corrected chi connectivity index (χ2v) is 7.23. The van der Waals surface area contributed by atoms with Gasteiger partial charge in [-0.3, -0.25) is 4.98 Å². The molecule has 0 saturated heterocycles. The van der Waals surface area contributed by atoms with Gasteiger partial charge in [-0.05, 0) is 54.8 Å². The first-order valence-corrected chi connectivity index (χ1v) is 9.63. The Morgan fingerprint density at radius 1 is 1.20 bits per heavy atom. The number of urea groups is 1. The van der Waals surface area contributed by atoms with Crippen molar-refractivity contribution >= 4 is 23.3 Å². The van der Waals surface area contributed by atoms with Gasteiger partial charge >= 0.3 is 6.03 Å². The molecule has 0 unspecified atom stereocenters. The van der Waals surface area contributed by atoms with E-state index in [2.05, 4.69) is 15.5 Å². The molecule has 3 aromatic rings. The Morgan fingerprint density at radius 2 is 2.00 bits per heavy atom. The molecule has 0 aliphatic rings. The largest absolute Gasteiger partial charge is 0.486 e. The van der Waals surface area contributed by atoms with Crippen LogP contribution in [0.5, 0.6) is 5.75 Å². The first-order valence-electron chi connectivity index (χ1n) is 9.25. The molecule has 1 heterocycles. The molecule has 8 heteroatoms. The zero-order chi connectivity index (χ0) is 21.7. The minimum atomic E-state index is -0.519. The van der Waals surface area contributed by atoms with Crippen LogP contribution in [0.25, 0.3) is 11.3 Å². The van der Waals surface area contributed by atoms with Crippen molar-refractivity contribution in [2.75, 3.05) is 12.4 Å². The third-order valence-corrected chi connectivity index (χ3v) is 4.86. The molecule has 154 valence electrons. The number of anilines is 1. The van der Waals surface area contributed by atoms with Gasteiger partial charge < -0.3 is 10.1 Å². The lowest BCUT2D eigenvalue weighted by Gasteiger charge is -2.17. The zero-order valence-corrected chi connectivity index (χ0v) is 17.7. The summed E-state index contributed by atoms with van der Waals surface area (Å²) in [7, 11) is 1.40. The summed E-state index contributed by atoms with van der Waals surface area (Å²) < 4.78 is 6.07. The van der Waals surface area contributed by atoms with Crippen molar-refractivity contribution in [3.05, 3.63) is 76.4 Å². The lowest BCUT2D eigenvalue weighted by Crippen LogP contribution is -2.26. The number of nitrogens with zero attached hydrogens (tertiary/aromatic N) is 3. The molecule has 2 amide bonds. The molecule has 0 aliphatic heterocycles. The number of pyridine rings is 1. The lowest BCUT2D eigenvalue weighted by molar-refractivity contribution is 0.219. The van der Waals surface area contributed by atoms with E-state index in [9.17, 15) is 4.79 Å². The van der Waals surface area contributed by atoms with Gasteiger partial charge in [0, 0.05) is 23.8 Å². The van der Waals surface area contributed by atoms with Gasteiger partial charge in [-0.1, -0.05) is 41.1 Å². The van der Waals surface area contributed by atoms with E-state index in [0.29, 0.717) is 23.1 Å². The van der Waals surface area contributed by atoms with Crippen LogP contribution in [0.4, 0.5) is 10.5 Å². The van der Waals surface area contributed by atoms with E-state index in [1.165, 1.54) is 7.05 Å². The van der Waals surface area contributed by atoms with E-state index < -0.39 is 6.03 Å². The Bertz CT molecular complexity index is 1090. The van der Waals surface area contributed by atoms with Gasteiger partial charge in [-0.2, -0.15) is 10.5 Å². The van der Waals surface area contributed by atoms with Crippen molar-refractivity contribution < 1.29 is 9.53 Å². The second-order valence-electron chi connectivity index (χ2n) is 6.79. The molecule has 0 atom stereocenters. The SMILES string of the molecule is Cc1cc(-c2cc(Cl)ccn2)ccc1COc1c(C)cccc1NC(=O)N(C)N=N. The summed E-state index contributed by atoms with van der Waals surface area (Å²) in [5, 5.41) is 7.36. The van der Waals surface area contributed by atoms with E-state index in [-0.39, 0.29) is 0 Å². The maximum atomic E-state index is 12.1. The van der Waals surface area contributed by atoms with Crippen molar-refractivity contribution in [1.29, 1.82) is 5.53 Å². The monoisotopic (exact) mass is 423 g/mol. The molecular weight excluding hydrogens is 402 g/mol. The number of halogens is 1. The first-order chi connectivity index (χ1) is 14.4. The van der Waals surface area contributed by atoms with Gasteiger partial charge in [0.15, 0.2) is 0 Å². The highest BCUT2D eigenvalue weighted by Crippen LogP contribution is 2.30. The van der Waals surface area contributed by atoms with Gasteiger partial charge in [0.05, 0.1) is 11.4 Å². The van der Waals surface area contributed by atoms with Crippen molar-refractivity contribution in [2.45, 2.75) is 20.5 Å². The summed E-state index contributed by atoms with van der Waals surface area (Å²) in [5.74, 6) is 0.573. The Balaban J connectivity index is 1.79. The van der Waals surface area contributed by atoms with E-state index in [0.717, 1.165) is 33.0 Å². The molecule has 1 aromatic heterocycles. The number of aromatic nitrogens is 1. The minimum absolute atomic E-state index is 0.335. The van der Waals surface area contributed by atoms with Crippen LogP contribution < -0.4 is 10.1 Å². The molecule has 0 saturated carbocycles. The number of nitrogens with one attached hydrogen (secondary N) is 2. The molecule has 0 aliphatic carbocycles. The summed E-state index contributed by atoms with van der Waals surface area (Å²) in [4.78, 5) is 16.4. The standard InChI is InChI=1S/C22H22ClN5O2/c1-14-5-4-6-19(26-22(29)28(3)27-24)21(14)30-13-17-8-7-16(11-15(17)2)20-12-18(23)9-10-25-20/h4-12,24H,13H2,1-3H3,(H,26,29). The number of hydrogen-bond acceptors (Lipinski definition) is 5. The Hall–Kier alpha value is -3.45. The smallest absolute Gasteiger partial charge is 0.343 e. The van der Waals surface area contributed by atoms with Gasteiger partial charge in [-0.15, -0.1) is 0 Å². The van der Waals surface area contributed by atoms with Crippen LogP contribution in [-0.4, -0.2) is 23.1 Å². The van der Waals surface area contributed by atoms with Crippen LogP contribution in [-0.2, 0) is 6.61 Å². The number of aryl methyl sites for hydroxylation is 2. The zero-order valence-electron chi connectivity index (χ0n) is 16.9. The number of carbonyl (C=O) groups excluding carboxylic acids is 1. The van der Waals surface area contributed by atoms with Crippen molar-refractivity contribution in [2.24, 2.45) is 5.22 Å². The summed E-state index contributed by atoms with van der Waals surface area (Å²) in [5.41, 5.74) is 12.2. The average Bonchev–Trinajstić information content (AvgIpc) is 2.73. The highest BCUT2D eigenvalue weighted by molar-refractivity contribution is 6.30.